The number of hydrazine groups is 1. The van der Waals surface area contributed by atoms with Crippen molar-refractivity contribution in [3.63, 3.8) is 0 Å². The summed E-state index contributed by atoms with van der Waals surface area (Å²) in [7, 11) is 0. The smallest absolute Gasteiger partial charge is 0.0754 e. The minimum atomic E-state index is 0.975. The quantitative estimate of drug-likeness (QED) is 0.553. The second kappa shape index (κ2) is 6.07. The Kier molecular flexibility index (Phi) is 4.20. The molecule has 0 aliphatic carbocycles. The normalized spacial score (nSPS) is 10.1. The molecule has 18 heavy (non-hydrogen) atoms. The van der Waals surface area contributed by atoms with Crippen LogP contribution in [0.5, 0.6) is 0 Å². The van der Waals surface area contributed by atoms with Gasteiger partial charge in [0.15, 0.2) is 0 Å². The third-order valence-corrected chi connectivity index (χ3v) is 2.87. The minimum Gasteiger partial charge on any atom is -0.354 e. The van der Waals surface area contributed by atoms with Crippen LogP contribution in [0, 0.1) is 0 Å². The van der Waals surface area contributed by atoms with E-state index < -0.39 is 0 Å². The van der Waals surface area contributed by atoms with Crippen LogP contribution in [-0.2, 0) is 6.42 Å². The Morgan fingerprint density at radius 3 is 2.44 bits per heavy atom. The highest BCUT2D eigenvalue weighted by molar-refractivity contribution is 5.76. The number of para-hydroxylation sites is 2. The molecule has 0 fully saturated rings. The van der Waals surface area contributed by atoms with Crippen LogP contribution in [0.3, 0.4) is 0 Å². The molecule has 2 aromatic carbocycles. The molecule has 0 spiro atoms. The lowest BCUT2D eigenvalue weighted by atomic mass is 10.1. The van der Waals surface area contributed by atoms with Gasteiger partial charge in [-0.15, -0.1) is 0 Å². The zero-order valence-electron chi connectivity index (χ0n) is 10.6. The van der Waals surface area contributed by atoms with Crippen molar-refractivity contribution in [1.29, 1.82) is 0 Å². The van der Waals surface area contributed by atoms with Gasteiger partial charge in [-0.3, -0.25) is 5.84 Å². The second-order valence-electron chi connectivity index (χ2n) is 4.23. The van der Waals surface area contributed by atoms with Crippen molar-refractivity contribution in [3.05, 3.63) is 54.1 Å². The van der Waals surface area contributed by atoms with Crippen LogP contribution in [0.25, 0.3) is 0 Å². The van der Waals surface area contributed by atoms with Crippen LogP contribution < -0.4 is 16.6 Å². The van der Waals surface area contributed by atoms with Gasteiger partial charge in [0.1, 0.15) is 0 Å². The molecule has 94 valence electrons. The third-order valence-electron chi connectivity index (χ3n) is 2.87. The van der Waals surface area contributed by atoms with Gasteiger partial charge in [0, 0.05) is 5.69 Å². The maximum atomic E-state index is 5.65. The van der Waals surface area contributed by atoms with Gasteiger partial charge in [-0.1, -0.05) is 43.7 Å². The number of nitrogens with two attached hydrogens (primary N) is 1. The Labute approximate surface area is 108 Å². The molecule has 0 saturated heterocycles. The fourth-order valence-corrected chi connectivity index (χ4v) is 2.03. The summed E-state index contributed by atoms with van der Waals surface area (Å²) in [6.45, 7) is 2.16. The molecule has 0 radical (unpaired) electrons. The van der Waals surface area contributed by atoms with Crippen molar-refractivity contribution >= 4 is 17.1 Å². The number of hydrogen-bond acceptors (Lipinski definition) is 3. The van der Waals surface area contributed by atoms with E-state index in [0.717, 1.165) is 29.9 Å². The molecule has 0 atom stereocenters. The summed E-state index contributed by atoms with van der Waals surface area (Å²) in [5.41, 5.74) is 7.09. The van der Waals surface area contributed by atoms with E-state index in [1.54, 1.807) is 0 Å². The zero-order chi connectivity index (χ0) is 12.8. The topological polar surface area (TPSA) is 50.1 Å². The summed E-state index contributed by atoms with van der Waals surface area (Å²) in [5.74, 6) is 5.65. The molecule has 4 N–H and O–H groups in total. The summed E-state index contributed by atoms with van der Waals surface area (Å²) in [6.07, 6.45) is 2.12. The zero-order valence-corrected chi connectivity index (χ0v) is 10.6. The van der Waals surface area contributed by atoms with E-state index in [-0.39, 0.29) is 0 Å². The predicted molar refractivity (Wildman–Crippen MR) is 78.0 cm³/mol. The summed E-state index contributed by atoms with van der Waals surface area (Å²) < 4.78 is 0. The van der Waals surface area contributed by atoms with E-state index in [0.29, 0.717) is 0 Å². The van der Waals surface area contributed by atoms with Crippen LogP contribution in [-0.4, -0.2) is 0 Å². The van der Waals surface area contributed by atoms with Gasteiger partial charge < -0.3 is 10.7 Å². The lowest BCUT2D eigenvalue weighted by Gasteiger charge is -2.15. The molecular formula is C15H19N3. The lowest BCUT2D eigenvalue weighted by Crippen LogP contribution is -2.11. The summed E-state index contributed by atoms with van der Waals surface area (Å²) >= 11 is 0. The van der Waals surface area contributed by atoms with Crippen LogP contribution >= 0.6 is 0 Å². The number of nitrogen functional groups attached to an aromatic ring is 1. The fraction of sp³-hybridized carbons (Fsp3) is 0.200. The molecule has 0 saturated carbocycles. The van der Waals surface area contributed by atoms with Gasteiger partial charge in [0.2, 0.25) is 0 Å². The van der Waals surface area contributed by atoms with E-state index in [1.165, 1.54) is 5.56 Å². The van der Waals surface area contributed by atoms with Crippen LogP contribution in [0.1, 0.15) is 18.9 Å². The van der Waals surface area contributed by atoms with Gasteiger partial charge in [-0.2, -0.15) is 0 Å². The number of benzene rings is 2. The molecule has 0 unspecified atom stereocenters. The number of hydrogen-bond donors (Lipinski definition) is 3. The molecule has 0 aromatic heterocycles. The number of aryl methyl sites for hydroxylation is 1. The van der Waals surface area contributed by atoms with Gasteiger partial charge in [0.25, 0.3) is 0 Å². The molecule has 3 heteroatoms. The third kappa shape index (κ3) is 2.81. The monoisotopic (exact) mass is 241 g/mol. The van der Waals surface area contributed by atoms with Crippen molar-refractivity contribution in [2.45, 2.75) is 19.8 Å². The Bertz CT molecular complexity index is 494. The Morgan fingerprint density at radius 1 is 1.00 bits per heavy atom. The number of nitrogens with one attached hydrogen (secondary N) is 2. The van der Waals surface area contributed by atoms with E-state index in [1.807, 2.05) is 36.4 Å². The molecule has 2 rings (SSSR count). The Hall–Kier alpha value is -2.00. The first-order valence-electron chi connectivity index (χ1n) is 6.25. The van der Waals surface area contributed by atoms with Crippen molar-refractivity contribution in [2.75, 3.05) is 10.7 Å². The van der Waals surface area contributed by atoms with Gasteiger partial charge >= 0.3 is 0 Å². The fourth-order valence-electron chi connectivity index (χ4n) is 2.03. The molecule has 0 aliphatic rings. The van der Waals surface area contributed by atoms with Crippen molar-refractivity contribution in [1.82, 2.24) is 0 Å². The summed E-state index contributed by atoms with van der Waals surface area (Å²) in [4.78, 5) is 0. The van der Waals surface area contributed by atoms with Crippen LogP contribution in [0.15, 0.2) is 48.5 Å². The highest BCUT2D eigenvalue weighted by Gasteiger charge is 2.06. The molecule has 2 aromatic rings. The van der Waals surface area contributed by atoms with Crippen molar-refractivity contribution in [2.24, 2.45) is 5.84 Å². The standard InChI is InChI=1S/C15H19N3/c1-2-7-12-8-6-11-14(15(12)18-16)17-13-9-4-3-5-10-13/h3-6,8-11,17-18H,2,7,16H2,1H3. The maximum absolute atomic E-state index is 5.65. The molecular weight excluding hydrogens is 222 g/mol. The Morgan fingerprint density at radius 2 is 1.78 bits per heavy atom. The largest absolute Gasteiger partial charge is 0.354 e. The number of rotatable bonds is 5. The van der Waals surface area contributed by atoms with Crippen LogP contribution in [0.2, 0.25) is 0 Å². The minimum absolute atomic E-state index is 0.975. The SMILES string of the molecule is CCCc1cccc(Nc2ccccc2)c1NN. The molecule has 0 bridgehead atoms. The molecule has 3 nitrogen and oxygen atoms in total. The van der Waals surface area contributed by atoms with E-state index in [9.17, 15) is 0 Å². The highest BCUT2D eigenvalue weighted by Crippen LogP contribution is 2.29. The first-order valence-corrected chi connectivity index (χ1v) is 6.25. The van der Waals surface area contributed by atoms with E-state index in [4.69, 9.17) is 5.84 Å². The Balaban J connectivity index is 2.30. The lowest BCUT2D eigenvalue weighted by molar-refractivity contribution is 0.922. The highest BCUT2D eigenvalue weighted by atomic mass is 15.2. The van der Waals surface area contributed by atoms with Crippen molar-refractivity contribution < 1.29 is 0 Å². The summed E-state index contributed by atoms with van der Waals surface area (Å²) in [5, 5.41) is 3.38. The van der Waals surface area contributed by atoms with Gasteiger partial charge in [0.05, 0.1) is 11.4 Å². The number of anilines is 3. The maximum Gasteiger partial charge on any atom is 0.0754 e. The second-order valence-corrected chi connectivity index (χ2v) is 4.23. The molecule has 0 heterocycles. The predicted octanol–water partition coefficient (Wildman–Crippen LogP) is 3.67. The van der Waals surface area contributed by atoms with Crippen molar-refractivity contribution in [3.8, 4) is 0 Å². The average Bonchev–Trinajstić information content (AvgIpc) is 2.41. The average molecular weight is 241 g/mol. The van der Waals surface area contributed by atoms with Crippen LogP contribution in [0.4, 0.5) is 17.1 Å². The van der Waals surface area contributed by atoms with E-state index in [2.05, 4.69) is 29.8 Å². The first kappa shape index (κ1) is 12.5. The summed E-state index contributed by atoms with van der Waals surface area (Å²) in [6, 6.07) is 16.3. The van der Waals surface area contributed by atoms with E-state index >= 15 is 0 Å². The van der Waals surface area contributed by atoms with Gasteiger partial charge in [-0.05, 0) is 30.2 Å². The molecule has 0 amide bonds. The van der Waals surface area contributed by atoms with Gasteiger partial charge in [-0.25, -0.2) is 0 Å². The molecule has 0 aliphatic heterocycles. The first-order chi connectivity index (χ1) is 8.85.